The van der Waals surface area contributed by atoms with Gasteiger partial charge >= 0.3 is 0 Å². The van der Waals surface area contributed by atoms with Gasteiger partial charge in [0, 0.05) is 5.41 Å². The van der Waals surface area contributed by atoms with Crippen molar-refractivity contribution in [3.8, 4) is 5.75 Å². The van der Waals surface area contributed by atoms with Crippen molar-refractivity contribution in [2.45, 2.75) is 37.5 Å². The molecule has 3 fully saturated rings. The Balaban J connectivity index is 1.66. The first-order valence-electron chi connectivity index (χ1n) is 9.46. The van der Waals surface area contributed by atoms with Gasteiger partial charge in [-0.2, -0.15) is 0 Å². The number of fused-ring (bicyclic) bond motifs is 5. The highest BCUT2D eigenvalue weighted by molar-refractivity contribution is 5.49. The molecule has 2 aromatic carbocycles. The number of nitroso groups, excluding NO2 is 1. The highest BCUT2D eigenvalue weighted by Gasteiger charge is 2.61. The van der Waals surface area contributed by atoms with Crippen molar-refractivity contribution < 1.29 is 5.11 Å². The Morgan fingerprint density at radius 1 is 0.920 bits per heavy atom. The van der Waals surface area contributed by atoms with Crippen LogP contribution in [0.4, 0.5) is 5.69 Å². The number of nitrogens with zero attached hydrogens (tertiary/aromatic N) is 1. The van der Waals surface area contributed by atoms with Gasteiger partial charge in [-0.1, -0.05) is 30.7 Å². The van der Waals surface area contributed by atoms with E-state index in [1.807, 2.05) is 24.3 Å². The Hall–Kier alpha value is -2.16. The fraction of sp³-hybridized carbons (Fsp3) is 0.455. The number of benzene rings is 2. The lowest BCUT2D eigenvalue weighted by atomic mass is 9.59. The van der Waals surface area contributed by atoms with E-state index in [1.165, 1.54) is 43.2 Å². The molecule has 5 unspecified atom stereocenters. The van der Waals surface area contributed by atoms with Crippen molar-refractivity contribution in [3.63, 3.8) is 0 Å². The van der Waals surface area contributed by atoms with Gasteiger partial charge in [0.25, 0.3) is 0 Å². The second-order valence-corrected chi connectivity index (χ2v) is 8.22. The van der Waals surface area contributed by atoms with Crippen molar-refractivity contribution in [1.29, 1.82) is 0 Å². The normalized spacial score (nSPS) is 35.7. The van der Waals surface area contributed by atoms with Crippen LogP contribution in [0.3, 0.4) is 0 Å². The summed E-state index contributed by atoms with van der Waals surface area (Å²) < 4.78 is 0. The average molecular weight is 333 g/mol. The topological polar surface area (TPSA) is 49.7 Å². The molecule has 0 amide bonds. The average Bonchev–Trinajstić information content (AvgIpc) is 3.34. The SMILES string of the molecule is O=Nc1ccc(C2(c3ccc(O)cc3)CC3CC2C2CCCC32)cc1. The predicted octanol–water partition coefficient (Wildman–Crippen LogP) is 5.53. The van der Waals surface area contributed by atoms with Crippen LogP contribution in [-0.2, 0) is 5.41 Å². The van der Waals surface area contributed by atoms with Gasteiger partial charge in [-0.3, -0.25) is 0 Å². The van der Waals surface area contributed by atoms with E-state index in [0.29, 0.717) is 17.4 Å². The Kier molecular flexibility index (Phi) is 3.28. The summed E-state index contributed by atoms with van der Waals surface area (Å²) in [6.07, 6.45) is 6.66. The monoisotopic (exact) mass is 333 g/mol. The molecule has 3 aliphatic rings. The highest BCUT2D eigenvalue weighted by Crippen LogP contribution is 2.68. The molecule has 1 N–H and O–H groups in total. The number of phenols is 1. The fourth-order valence-corrected chi connectivity index (χ4v) is 6.55. The van der Waals surface area contributed by atoms with Gasteiger partial charge in [-0.05, 0) is 89.9 Å². The van der Waals surface area contributed by atoms with Gasteiger partial charge in [0.1, 0.15) is 11.4 Å². The largest absolute Gasteiger partial charge is 0.508 e. The third-order valence-electron chi connectivity index (χ3n) is 7.39. The Morgan fingerprint density at radius 3 is 2.24 bits per heavy atom. The summed E-state index contributed by atoms with van der Waals surface area (Å²) in [5.41, 5.74) is 3.13. The molecule has 3 aliphatic carbocycles. The van der Waals surface area contributed by atoms with Gasteiger partial charge < -0.3 is 5.11 Å². The maximum absolute atomic E-state index is 10.8. The van der Waals surface area contributed by atoms with E-state index in [2.05, 4.69) is 29.4 Å². The number of rotatable bonds is 3. The zero-order chi connectivity index (χ0) is 17.0. The number of aromatic hydroxyl groups is 1. The second-order valence-electron chi connectivity index (χ2n) is 8.22. The van der Waals surface area contributed by atoms with E-state index in [0.717, 1.165) is 17.8 Å². The van der Waals surface area contributed by atoms with Crippen LogP contribution in [0.15, 0.2) is 53.7 Å². The van der Waals surface area contributed by atoms with Crippen molar-refractivity contribution in [1.82, 2.24) is 0 Å². The standard InChI is InChI=1S/C22H23NO2/c24-18-10-6-16(7-11-18)22(15-4-8-17(23-25)9-5-15)13-14-12-21(22)20-3-1-2-19(14)20/h4-11,14,19-21,24H,1-3,12-13H2. The summed E-state index contributed by atoms with van der Waals surface area (Å²) in [5, 5.41) is 12.8. The summed E-state index contributed by atoms with van der Waals surface area (Å²) >= 11 is 0. The molecule has 3 nitrogen and oxygen atoms in total. The predicted molar refractivity (Wildman–Crippen MR) is 97.8 cm³/mol. The lowest BCUT2D eigenvalue weighted by Gasteiger charge is -2.44. The summed E-state index contributed by atoms with van der Waals surface area (Å²) in [7, 11) is 0. The third kappa shape index (κ3) is 2.04. The molecule has 3 heteroatoms. The quantitative estimate of drug-likeness (QED) is 0.751. The van der Waals surface area contributed by atoms with Crippen LogP contribution in [0.5, 0.6) is 5.75 Å². The molecule has 0 radical (unpaired) electrons. The molecule has 5 rings (SSSR count). The van der Waals surface area contributed by atoms with Gasteiger partial charge in [-0.25, -0.2) is 0 Å². The fourth-order valence-electron chi connectivity index (χ4n) is 6.55. The van der Waals surface area contributed by atoms with E-state index >= 15 is 0 Å². The second kappa shape index (κ2) is 5.42. The third-order valence-corrected chi connectivity index (χ3v) is 7.39. The molecule has 3 saturated carbocycles. The maximum Gasteiger partial charge on any atom is 0.115 e. The molecule has 128 valence electrons. The zero-order valence-corrected chi connectivity index (χ0v) is 14.3. The first-order valence-corrected chi connectivity index (χ1v) is 9.46. The van der Waals surface area contributed by atoms with Gasteiger partial charge in [0.15, 0.2) is 0 Å². The molecular weight excluding hydrogens is 310 g/mol. The highest BCUT2D eigenvalue weighted by atomic mass is 16.3. The summed E-state index contributed by atoms with van der Waals surface area (Å²) in [6.45, 7) is 0. The molecule has 0 aromatic heterocycles. The van der Waals surface area contributed by atoms with E-state index < -0.39 is 0 Å². The number of hydrogen-bond acceptors (Lipinski definition) is 3. The lowest BCUT2D eigenvalue weighted by Crippen LogP contribution is -2.40. The maximum atomic E-state index is 10.8. The first kappa shape index (κ1) is 15.1. The molecule has 0 saturated heterocycles. The van der Waals surface area contributed by atoms with E-state index in [1.54, 1.807) is 0 Å². The molecule has 25 heavy (non-hydrogen) atoms. The van der Waals surface area contributed by atoms with E-state index in [4.69, 9.17) is 0 Å². The van der Waals surface area contributed by atoms with Crippen LogP contribution in [0.1, 0.15) is 43.2 Å². The minimum absolute atomic E-state index is 0.0191. The van der Waals surface area contributed by atoms with Crippen LogP contribution in [0, 0.1) is 28.6 Å². The summed E-state index contributed by atoms with van der Waals surface area (Å²) in [4.78, 5) is 10.8. The van der Waals surface area contributed by atoms with Crippen molar-refractivity contribution in [3.05, 3.63) is 64.6 Å². The van der Waals surface area contributed by atoms with Crippen LogP contribution in [0.25, 0.3) is 0 Å². The molecule has 0 spiro atoms. The summed E-state index contributed by atoms with van der Waals surface area (Å²) in [5.74, 6) is 3.56. The van der Waals surface area contributed by atoms with Crippen LogP contribution < -0.4 is 0 Å². The van der Waals surface area contributed by atoms with Crippen LogP contribution in [0.2, 0.25) is 0 Å². The minimum atomic E-state index is 0.0191. The smallest absolute Gasteiger partial charge is 0.115 e. The molecule has 5 atom stereocenters. The molecule has 0 heterocycles. The molecule has 0 aliphatic heterocycles. The molecule has 2 aromatic rings. The number of phenolic OH excluding ortho intramolecular Hbond substituents is 1. The zero-order valence-electron chi connectivity index (χ0n) is 14.3. The number of hydrogen-bond donors (Lipinski definition) is 1. The Morgan fingerprint density at radius 2 is 1.56 bits per heavy atom. The minimum Gasteiger partial charge on any atom is -0.508 e. The van der Waals surface area contributed by atoms with E-state index in [-0.39, 0.29) is 5.41 Å². The van der Waals surface area contributed by atoms with Crippen LogP contribution in [-0.4, -0.2) is 5.11 Å². The van der Waals surface area contributed by atoms with Crippen molar-refractivity contribution >= 4 is 5.69 Å². The Bertz CT molecular complexity index is 798. The van der Waals surface area contributed by atoms with Crippen molar-refractivity contribution in [2.75, 3.05) is 0 Å². The summed E-state index contributed by atoms with van der Waals surface area (Å²) in [6, 6.07) is 15.7. The van der Waals surface area contributed by atoms with Gasteiger partial charge in [0.05, 0.1) is 0 Å². The first-order chi connectivity index (χ1) is 12.2. The van der Waals surface area contributed by atoms with Crippen molar-refractivity contribution in [2.24, 2.45) is 28.8 Å². The van der Waals surface area contributed by atoms with Crippen LogP contribution >= 0.6 is 0 Å². The Labute approximate surface area is 148 Å². The van der Waals surface area contributed by atoms with Gasteiger partial charge in [0.2, 0.25) is 0 Å². The van der Waals surface area contributed by atoms with E-state index in [9.17, 15) is 10.0 Å². The lowest BCUT2D eigenvalue weighted by molar-refractivity contribution is 0.181. The molecular formula is C22H23NO2. The molecule has 2 bridgehead atoms. The van der Waals surface area contributed by atoms with Gasteiger partial charge in [-0.15, -0.1) is 4.91 Å².